The van der Waals surface area contributed by atoms with Crippen LogP contribution in [0.15, 0.2) is 36.4 Å². The number of carbonyl (C=O) groups is 4. The molecule has 1 fully saturated rings. The molecule has 2 aromatic rings. The van der Waals surface area contributed by atoms with Crippen molar-refractivity contribution in [2.45, 2.75) is 33.1 Å². The summed E-state index contributed by atoms with van der Waals surface area (Å²) in [4.78, 5) is 49.6. The van der Waals surface area contributed by atoms with E-state index in [0.717, 1.165) is 34.7 Å². The predicted molar refractivity (Wildman–Crippen MR) is 129 cm³/mol. The third-order valence-corrected chi connectivity index (χ3v) is 6.03. The summed E-state index contributed by atoms with van der Waals surface area (Å²) < 4.78 is 5.15. The topological polar surface area (TPSA) is 105 Å². The molecule has 1 saturated heterocycles. The average molecular weight is 506 g/mol. The molecule has 3 amide bonds. The van der Waals surface area contributed by atoms with Crippen molar-refractivity contribution in [2.75, 3.05) is 18.5 Å². The van der Waals surface area contributed by atoms with Crippen molar-refractivity contribution in [1.29, 1.82) is 0 Å². The van der Waals surface area contributed by atoms with Crippen molar-refractivity contribution in [3.63, 3.8) is 0 Å². The minimum absolute atomic E-state index is 0.0745. The molecular weight excluding hydrogens is 481 g/mol. The van der Waals surface area contributed by atoms with Crippen LogP contribution in [0.4, 0.5) is 5.69 Å². The van der Waals surface area contributed by atoms with E-state index in [0.29, 0.717) is 5.02 Å². The summed E-state index contributed by atoms with van der Waals surface area (Å²) >= 11 is 11.9. The predicted octanol–water partition coefficient (Wildman–Crippen LogP) is 3.79. The molecule has 3 rings (SSSR count). The number of hydrogen-bond donors (Lipinski definition) is 2. The van der Waals surface area contributed by atoms with Crippen LogP contribution < -0.4 is 10.7 Å². The first-order chi connectivity index (χ1) is 16.2. The average Bonchev–Trinajstić information content (AvgIpc) is 3.17. The number of benzene rings is 2. The third-order valence-electron chi connectivity index (χ3n) is 5.48. The zero-order chi connectivity index (χ0) is 24.8. The molecule has 2 N–H and O–H groups in total. The lowest BCUT2D eigenvalue weighted by Crippen LogP contribution is -2.43. The van der Waals surface area contributed by atoms with Crippen LogP contribution in [0.1, 0.15) is 41.8 Å². The fraction of sp³-hybridized carbons (Fsp3) is 0.333. The molecule has 180 valence electrons. The highest BCUT2D eigenvalue weighted by Crippen LogP contribution is 2.24. The lowest BCUT2D eigenvalue weighted by Gasteiger charge is -2.18. The first-order valence-corrected chi connectivity index (χ1v) is 11.6. The van der Waals surface area contributed by atoms with Gasteiger partial charge in [0.05, 0.1) is 23.0 Å². The number of rotatable bonds is 8. The van der Waals surface area contributed by atoms with E-state index in [1.165, 1.54) is 18.2 Å². The van der Waals surface area contributed by atoms with Crippen molar-refractivity contribution in [3.05, 3.63) is 63.1 Å². The van der Waals surface area contributed by atoms with Gasteiger partial charge in [-0.3, -0.25) is 29.6 Å². The zero-order valence-electron chi connectivity index (χ0n) is 18.8. The van der Waals surface area contributed by atoms with Crippen molar-refractivity contribution in [1.82, 2.24) is 10.4 Å². The number of esters is 1. The van der Waals surface area contributed by atoms with Crippen LogP contribution in [0, 0.1) is 5.92 Å². The van der Waals surface area contributed by atoms with Crippen molar-refractivity contribution in [3.8, 4) is 0 Å². The van der Waals surface area contributed by atoms with E-state index in [4.69, 9.17) is 27.9 Å². The second-order valence-electron chi connectivity index (χ2n) is 7.78. The number of amides is 3. The van der Waals surface area contributed by atoms with Crippen LogP contribution in [0.3, 0.4) is 0 Å². The Kier molecular flexibility index (Phi) is 8.52. The highest BCUT2D eigenvalue weighted by Gasteiger charge is 2.37. The highest BCUT2D eigenvalue weighted by atomic mass is 35.5. The first-order valence-electron chi connectivity index (χ1n) is 10.9. The minimum Gasteiger partial charge on any atom is -0.455 e. The minimum atomic E-state index is -0.810. The molecule has 0 spiro atoms. The Hall–Kier alpha value is -3.10. The molecule has 2 aromatic carbocycles. The summed E-state index contributed by atoms with van der Waals surface area (Å²) in [5.74, 6) is -3.02. The number of hydrazine groups is 1. The Bertz CT molecular complexity index is 1100. The number of nitrogens with one attached hydrogen (secondary N) is 2. The van der Waals surface area contributed by atoms with Crippen molar-refractivity contribution in [2.24, 2.45) is 5.92 Å². The van der Waals surface area contributed by atoms with E-state index in [-0.39, 0.29) is 23.6 Å². The molecule has 34 heavy (non-hydrogen) atoms. The number of carbonyl (C=O) groups excluding carboxylic acids is 4. The molecule has 0 saturated carbocycles. The lowest BCUT2D eigenvalue weighted by atomic mass is 10.0. The number of ether oxygens (including phenoxy) is 1. The number of para-hydroxylation sites is 1. The number of hydrogen-bond acceptors (Lipinski definition) is 5. The Morgan fingerprint density at radius 1 is 1.09 bits per heavy atom. The zero-order valence-corrected chi connectivity index (χ0v) is 20.3. The van der Waals surface area contributed by atoms with E-state index < -0.39 is 36.2 Å². The summed E-state index contributed by atoms with van der Waals surface area (Å²) in [7, 11) is 0. The maximum Gasteiger partial charge on any atom is 0.311 e. The molecule has 8 nitrogen and oxygen atoms in total. The van der Waals surface area contributed by atoms with E-state index >= 15 is 0 Å². The molecular formula is C24H25Cl2N3O5. The summed E-state index contributed by atoms with van der Waals surface area (Å²) in [6.07, 6.45) is 1.35. The van der Waals surface area contributed by atoms with Gasteiger partial charge >= 0.3 is 5.97 Å². The van der Waals surface area contributed by atoms with Gasteiger partial charge in [0.15, 0.2) is 6.61 Å². The van der Waals surface area contributed by atoms with Gasteiger partial charge in [0.2, 0.25) is 5.91 Å². The third kappa shape index (κ3) is 6.07. The van der Waals surface area contributed by atoms with Crippen LogP contribution in [0.2, 0.25) is 10.0 Å². The van der Waals surface area contributed by atoms with Crippen LogP contribution in [0.25, 0.3) is 0 Å². The molecule has 1 aliphatic heterocycles. The number of nitrogens with zero attached hydrogens (tertiary/aromatic N) is 1. The van der Waals surface area contributed by atoms with Gasteiger partial charge in [-0.15, -0.1) is 0 Å². The molecule has 0 unspecified atom stereocenters. The fourth-order valence-corrected chi connectivity index (χ4v) is 4.16. The van der Waals surface area contributed by atoms with E-state index in [1.54, 1.807) is 0 Å². The maximum absolute atomic E-state index is 12.5. The molecule has 10 heteroatoms. The smallest absolute Gasteiger partial charge is 0.311 e. The van der Waals surface area contributed by atoms with Gasteiger partial charge in [0, 0.05) is 17.1 Å². The number of anilines is 1. The monoisotopic (exact) mass is 505 g/mol. The summed E-state index contributed by atoms with van der Waals surface area (Å²) in [6.45, 7) is 3.44. The second kappa shape index (κ2) is 11.4. The molecule has 0 bridgehead atoms. The maximum atomic E-state index is 12.5. The summed E-state index contributed by atoms with van der Waals surface area (Å²) in [5.41, 5.74) is 5.30. The Morgan fingerprint density at radius 3 is 2.38 bits per heavy atom. The normalized spacial score (nSPS) is 15.2. The molecule has 0 aliphatic carbocycles. The van der Waals surface area contributed by atoms with Gasteiger partial charge in [-0.2, -0.15) is 0 Å². The van der Waals surface area contributed by atoms with Gasteiger partial charge in [-0.05, 0) is 42.2 Å². The van der Waals surface area contributed by atoms with E-state index in [9.17, 15) is 19.2 Å². The summed E-state index contributed by atoms with van der Waals surface area (Å²) in [5, 5.41) is 4.38. The van der Waals surface area contributed by atoms with Gasteiger partial charge < -0.3 is 10.1 Å². The SMILES string of the molecule is CCc1cccc(CC)c1NC(=O)COC(=O)[C@@H]1CC(=O)N(NC(=O)c2ccc(Cl)cc2Cl)C1. The first kappa shape index (κ1) is 25.5. The highest BCUT2D eigenvalue weighted by molar-refractivity contribution is 6.36. The number of halogens is 2. The van der Waals surface area contributed by atoms with Gasteiger partial charge in [-0.1, -0.05) is 55.2 Å². The van der Waals surface area contributed by atoms with Crippen molar-refractivity contribution < 1.29 is 23.9 Å². The molecule has 1 heterocycles. The Balaban J connectivity index is 1.54. The van der Waals surface area contributed by atoms with Crippen LogP contribution >= 0.6 is 23.2 Å². The van der Waals surface area contributed by atoms with Crippen LogP contribution in [0.5, 0.6) is 0 Å². The van der Waals surface area contributed by atoms with Crippen LogP contribution in [-0.2, 0) is 32.0 Å². The largest absolute Gasteiger partial charge is 0.455 e. The van der Waals surface area contributed by atoms with E-state index in [2.05, 4.69) is 10.7 Å². The van der Waals surface area contributed by atoms with E-state index in [1.807, 2.05) is 32.0 Å². The Morgan fingerprint density at radius 2 is 1.76 bits per heavy atom. The standard InChI is InChI=1S/C24H25Cl2N3O5/c1-3-14-6-5-7-15(4-2)22(14)27-20(30)13-34-24(33)16-10-21(31)29(12-16)28-23(32)18-9-8-17(25)11-19(18)26/h5-9,11,16H,3-4,10,12-13H2,1-2H3,(H,27,30)(H,28,32)/t16-/m1/s1. The Labute approximate surface area is 207 Å². The van der Waals surface area contributed by atoms with Crippen LogP contribution in [-0.4, -0.2) is 41.9 Å². The fourth-order valence-electron chi connectivity index (χ4n) is 3.66. The quantitative estimate of drug-likeness (QED) is 0.531. The van der Waals surface area contributed by atoms with Gasteiger partial charge in [-0.25, -0.2) is 0 Å². The molecule has 0 radical (unpaired) electrons. The lowest BCUT2D eigenvalue weighted by molar-refractivity contribution is -0.151. The molecule has 1 atom stereocenters. The van der Waals surface area contributed by atoms with Gasteiger partial charge in [0.25, 0.3) is 11.8 Å². The molecule has 0 aromatic heterocycles. The summed E-state index contributed by atoms with van der Waals surface area (Å²) in [6, 6.07) is 10.2. The van der Waals surface area contributed by atoms with Crippen molar-refractivity contribution >= 4 is 52.6 Å². The molecule has 1 aliphatic rings. The van der Waals surface area contributed by atoms with Gasteiger partial charge in [0.1, 0.15) is 0 Å². The number of aryl methyl sites for hydroxylation is 2. The second-order valence-corrected chi connectivity index (χ2v) is 8.63.